The molecular formula is C15H18N2O3. The molecular weight excluding hydrogens is 256 g/mol. The van der Waals surface area contributed by atoms with Gasteiger partial charge in [-0.2, -0.15) is 0 Å². The highest BCUT2D eigenvalue weighted by molar-refractivity contribution is 6.10. The van der Waals surface area contributed by atoms with Crippen molar-refractivity contribution in [2.45, 2.75) is 6.92 Å². The summed E-state index contributed by atoms with van der Waals surface area (Å²) < 4.78 is 10.2. The monoisotopic (exact) mass is 274 g/mol. The third kappa shape index (κ3) is 2.27. The zero-order valence-corrected chi connectivity index (χ0v) is 12.4. The Kier molecular flexibility index (Phi) is 3.79. The third-order valence-corrected chi connectivity index (χ3v) is 3.14. The first-order chi connectivity index (χ1) is 9.49. The number of fused-ring (bicyclic) bond motifs is 1. The van der Waals surface area contributed by atoms with E-state index in [1.165, 1.54) is 7.11 Å². The van der Waals surface area contributed by atoms with Crippen molar-refractivity contribution in [2.75, 3.05) is 33.2 Å². The van der Waals surface area contributed by atoms with E-state index in [9.17, 15) is 4.79 Å². The summed E-state index contributed by atoms with van der Waals surface area (Å²) in [5.41, 5.74) is 2.92. The van der Waals surface area contributed by atoms with E-state index in [2.05, 4.69) is 4.98 Å². The van der Waals surface area contributed by atoms with Crippen LogP contribution in [0.4, 0.5) is 5.69 Å². The van der Waals surface area contributed by atoms with Gasteiger partial charge in [0.05, 0.1) is 19.8 Å². The van der Waals surface area contributed by atoms with E-state index in [0.29, 0.717) is 16.8 Å². The number of methoxy groups -OCH3 is 2. The Hall–Kier alpha value is -2.30. The number of benzene rings is 1. The van der Waals surface area contributed by atoms with Gasteiger partial charge in [-0.3, -0.25) is 0 Å². The highest BCUT2D eigenvalue weighted by Gasteiger charge is 2.19. The van der Waals surface area contributed by atoms with Crippen LogP contribution in [0.1, 0.15) is 16.1 Å². The van der Waals surface area contributed by atoms with Crippen LogP contribution in [0.3, 0.4) is 0 Å². The van der Waals surface area contributed by atoms with Crippen molar-refractivity contribution in [1.82, 2.24) is 4.98 Å². The zero-order chi connectivity index (χ0) is 14.9. The maximum Gasteiger partial charge on any atom is 0.338 e. The minimum atomic E-state index is -0.383. The molecule has 5 nitrogen and oxygen atoms in total. The normalized spacial score (nSPS) is 10.4. The number of aromatic nitrogens is 1. The van der Waals surface area contributed by atoms with E-state index < -0.39 is 0 Å². The van der Waals surface area contributed by atoms with Crippen LogP contribution in [0, 0.1) is 6.92 Å². The van der Waals surface area contributed by atoms with Crippen molar-refractivity contribution >= 4 is 22.6 Å². The molecule has 20 heavy (non-hydrogen) atoms. The maximum absolute atomic E-state index is 12.0. The molecule has 0 aliphatic rings. The van der Waals surface area contributed by atoms with Crippen LogP contribution in [-0.2, 0) is 4.74 Å². The van der Waals surface area contributed by atoms with Gasteiger partial charge in [0.1, 0.15) is 11.3 Å². The molecule has 0 amide bonds. The van der Waals surface area contributed by atoms with Crippen LogP contribution in [0.2, 0.25) is 0 Å². The molecule has 0 radical (unpaired) electrons. The maximum atomic E-state index is 12.0. The summed E-state index contributed by atoms with van der Waals surface area (Å²) in [4.78, 5) is 18.4. The van der Waals surface area contributed by atoms with Gasteiger partial charge < -0.3 is 14.4 Å². The molecule has 0 spiro atoms. The number of aryl methyl sites for hydroxylation is 1. The predicted octanol–water partition coefficient (Wildman–Crippen LogP) is 2.40. The van der Waals surface area contributed by atoms with Crippen LogP contribution in [-0.4, -0.2) is 39.3 Å². The molecule has 1 aromatic heterocycles. The van der Waals surface area contributed by atoms with Crippen molar-refractivity contribution in [3.05, 3.63) is 29.5 Å². The number of hydrogen-bond donors (Lipinski definition) is 0. The Labute approximate surface area is 118 Å². The smallest absolute Gasteiger partial charge is 0.338 e. The lowest BCUT2D eigenvalue weighted by Gasteiger charge is -2.19. The minimum absolute atomic E-state index is 0.383. The number of nitrogens with zero attached hydrogens (tertiary/aromatic N) is 2. The first-order valence-corrected chi connectivity index (χ1v) is 6.23. The third-order valence-electron chi connectivity index (χ3n) is 3.14. The molecule has 0 unspecified atom stereocenters. The molecule has 0 aliphatic carbocycles. The van der Waals surface area contributed by atoms with E-state index >= 15 is 0 Å². The Bertz CT molecular complexity index is 666. The molecule has 1 aromatic carbocycles. The molecule has 0 bridgehead atoms. The Morgan fingerprint density at radius 1 is 1.25 bits per heavy atom. The van der Waals surface area contributed by atoms with Crippen molar-refractivity contribution < 1.29 is 14.3 Å². The van der Waals surface area contributed by atoms with Crippen LogP contribution >= 0.6 is 0 Å². The lowest BCUT2D eigenvalue weighted by atomic mass is 10.0. The average Bonchev–Trinajstić information content (AvgIpc) is 2.44. The first-order valence-electron chi connectivity index (χ1n) is 6.23. The predicted molar refractivity (Wildman–Crippen MR) is 78.7 cm³/mol. The standard InChI is InChI=1S/C15H18N2O3/c1-9-8-11(17(2)3)13-10(15(18)20-5)6-7-12(19-4)14(13)16-9/h6-8H,1-5H3. The number of carbonyl (C=O) groups is 1. The number of carbonyl (C=O) groups excluding carboxylic acids is 1. The average molecular weight is 274 g/mol. The van der Waals surface area contributed by atoms with E-state index in [1.807, 2.05) is 32.0 Å². The first kappa shape index (κ1) is 14.1. The van der Waals surface area contributed by atoms with Crippen molar-refractivity contribution in [3.8, 4) is 5.75 Å². The molecule has 2 rings (SSSR count). The van der Waals surface area contributed by atoms with Gasteiger partial charge in [0.25, 0.3) is 0 Å². The summed E-state index contributed by atoms with van der Waals surface area (Å²) in [5, 5.41) is 0.742. The molecule has 2 aromatic rings. The van der Waals surface area contributed by atoms with Crippen LogP contribution in [0.25, 0.3) is 10.9 Å². The van der Waals surface area contributed by atoms with Gasteiger partial charge in [-0.25, -0.2) is 9.78 Å². The molecule has 0 saturated heterocycles. The van der Waals surface area contributed by atoms with Gasteiger partial charge in [0.15, 0.2) is 0 Å². The molecule has 0 aliphatic heterocycles. The van der Waals surface area contributed by atoms with E-state index in [-0.39, 0.29) is 5.97 Å². The molecule has 0 atom stereocenters. The zero-order valence-electron chi connectivity index (χ0n) is 12.4. The summed E-state index contributed by atoms with van der Waals surface area (Å²) in [5.74, 6) is 0.255. The lowest BCUT2D eigenvalue weighted by Crippen LogP contribution is -2.13. The summed E-state index contributed by atoms with van der Waals surface area (Å²) in [7, 11) is 6.81. The summed E-state index contributed by atoms with van der Waals surface area (Å²) >= 11 is 0. The van der Waals surface area contributed by atoms with Crippen LogP contribution in [0.15, 0.2) is 18.2 Å². The number of esters is 1. The number of hydrogen-bond acceptors (Lipinski definition) is 5. The highest BCUT2D eigenvalue weighted by atomic mass is 16.5. The molecule has 5 heteroatoms. The van der Waals surface area contributed by atoms with Gasteiger partial charge in [-0.1, -0.05) is 0 Å². The Morgan fingerprint density at radius 2 is 1.95 bits per heavy atom. The van der Waals surface area contributed by atoms with Crippen molar-refractivity contribution in [3.63, 3.8) is 0 Å². The lowest BCUT2D eigenvalue weighted by molar-refractivity contribution is 0.0603. The van der Waals surface area contributed by atoms with E-state index in [0.717, 1.165) is 16.8 Å². The number of rotatable bonds is 3. The van der Waals surface area contributed by atoms with Gasteiger partial charge in [-0.15, -0.1) is 0 Å². The topological polar surface area (TPSA) is 51.7 Å². The van der Waals surface area contributed by atoms with Gasteiger partial charge in [0.2, 0.25) is 0 Å². The second-order valence-corrected chi connectivity index (χ2v) is 4.71. The van der Waals surface area contributed by atoms with Crippen molar-refractivity contribution in [1.29, 1.82) is 0 Å². The van der Waals surface area contributed by atoms with Crippen LogP contribution in [0.5, 0.6) is 5.75 Å². The minimum Gasteiger partial charge on any atom is -0.494 e. The summed E-state index contributed by atoms with van der Waals surface area (Å²) in [6, 6.07) is 5.38. The second-order valence-electron chi connectivity index (χ2n) is 4.71. The molecule has 106 valence electrons. The molecule has 0 N–H and O–H groups in total. The number of ether oxygens (including phenoxy) is 2. The van der Waals surface area contributed by atoms with E-state index in [4.69, 9.17) is 9.47 Å². The number of anilines is 1. The van der Waals surface area contributed by atoms with Gasteiger partial charge in [0, 0.05) is 30.9 Å². The quantitative estimate of drug-likeness (QED) is 0.804. The largest absolute Gasteiger partial charge is 0.494 e. The Morgan fingerprint density at radius 3 is 2.50 bits per heavy atom. The van der Waals surface area contributed by atoms with E-state index in [1.54, 1.807) is 19.2 Å². The highest BCUT2D eigenvalue weighted by Crippen LogP contribution is 2.34. The summed E-state index contributed by atoms with van der Waals surface area (Å²) in [6.07, 6.45) is 0. The summed E-state index contributed by atoms with van der Waals surface area (Å²) in [6.45, 7) is 1.91. The second kappa shape index (κ2) is 5.36. The van der Waals surface area contributed by atoms with Crippen LogP contribution < -0.4 is 9.64 Å². The molecule has 0 fully saturated rings. The van der Waals surface area contributed by atoms with Crippen molar-refractivity contribution in [2.24, 2.45) is 0 Å². The number of pyridine rings is 1. The molecule has 1 heterocycles. The van der Waals surface area contributed by atoms with Gasteiger partial charge in [-0.05, 0) is 25.1 Å². The Balaban J connectivity index is 2.93. The fourth-order valence-electron chi connectivity index (χ4n) is 2.22. The van der Waals surface area contributed by atoms with Gasteiger partial charge >= 0.3 is 5.97 Å². The fraction of sp³-hybridized carbons (Fsp3) is 0.333. The molecule has 0 saturated carbocycles. The fourth-order valence-corrected chi connectivity index (χ4v) is 2.22. The SMILES string of the molecule is COC(=O)c1ccc(OC)c2nc(C)cc(N(C)C)c12.